The first-order chi connectivity index (χ1) is 14.4. The van der Waals surface area contributed by atoms with E-state index in [-0.39, 0.29) is 10.7 Å². The van der Waals surface area contributed by atoms with Crippen molar-refractivity contribution in [3.8, 4) is 0 Å². The van der Waals surface area contributed by atoms with Crippen molar-refractivity contribution < 1.29 is 13.2 Å². The minimum absolute atomic E-state index is 0.0629. The second kappa shape index (κ2) is 7.72. The number of rotatable bonds is 4. The van der Waals surface area contributed by atoms with Crippen LogP contribution < -0.4 is 10.3 Å². The first-order valence-electron chi connectivity index (χ1n) is 9.46. The number of amides is 1. The number of nitrogens with zero attached hydrogens (tertiary/aromatic N) is 3. The molecule has 3 aromatic rings. The number of hydrogen-bond acceptors (Lipinski definition) is 6. The lowest BCUT2D eigenvalue weighted by molar-refractivity contribution is -0.110. The van der Waals surface area contributed by atoms with Crippen LogP contribution in [0.15, 0.2) is 76.9 Å². The summed E-state index contributed by atoms with van der Waals surface area (Å²) in [5, 5.41) is 7.63. The lowest BCUT2D eigenvalue weighted by atomic mass is 10.1. The molecular formula is C22H20N4O3S. The number of aryl methyl sites for hydroxylation is 2. The van der Waals surface area contributed by atoms with Crippen molar-refractivity contribution in [1.82, 2.24) is 4.98 Å². The molecule has 0 saturated heterocycles. The molecule has 0 bridgehead atoms. The lowest BCUT2D eigenvalue weighted by Crippen LogP contribution is -2.36. The van der Waals surface area contributed by atoms with Crippen molar-refractivity contribution in [2.75, 3.05) is 10.3 Å². The molecule has 0 atom stereocenters. The number of hydrazone groups is 1. The monoisotopic (exact) mass is 420 g/mol. The number of pyridine rings is 1. The van der Waals surface area contributed by atoms with Gasteiger partial charge in [-0.25, -0.2) is 18.4 Å². The molecule has 2 aromatic carbocycles. The van der Waals surface area contributed by atoms with Crippen molar-refractivity contribution in [2.24, 2.45) is 5.10 Å². The van der Waals surface area contributed by atoms with E-state index < -0.39 is 20.8 Å². The third kappa shape index (κ3) is 3.57. The number of fused-ring (bicyclic) bond motifs is 1. The van der Waals surface area contributed by atoms with E-state index in [0.29, 0.717) is 11.4 Å². The molecule has 4 rings (SSSR count). The number of anilines is 3. The zero-order valence-corrected chi connectivity index (χ0v) is 17.3. The van der Waals surface area contributed by atoms with Gasteiger partial charge >= 0.3 is 0 Å². The molecule has 2 heterocycles. The molecule has 1 N–H and O–H groups in total. The minimum atomic E-state index is -4.13. The average molecular weight is 420 g/mol. The summed E-state index contributed by atoms with van der Waals surface area (Å²) in [4.78, 5) is 17.0. The fourth-order valence-corrected chi connectivity index (χ4v) is 4.42. The first kappa shape index (κ1) is 19.8. The molecule has 152 valence electrons. The van der Waals surface area contributed by atoms with E-state index in [1.54, 1.807) is 24.3 Å². The van der Waals surface area contributed by atoms with E-state index in [0.717, 1.165) is 17.5 Å². The molecule has 1 amide bonds. The van der Waals surface area contributed by atoms with Crippen LogP contribution in [0.3, 0.4) is 0 Å². The summed E-state index contributed by atoms with van der Waals surface area (Å²) in [6.07, 6.45) is 2.36. The molecule has 1 aliphatic rings. The standard InChI is InChI=1S/C22H20N4O3S/c1-3-16-8-10-17(11-9-16)24-21(27)22-25-26(18-12-6-15(2)7-13-18)20-19(30(22,28)29)5-4-14-23-20/h4-14H,3H2,1-2H3,(H,24,27). The molecule has 30 heavy (non-hydrogen) atoms. The van der Waals surface area contributed by atoms with Gasteiger partial charge in [0.25, 0.3) is 5.91 Å². The van der Waals surface area contributed by atoms with Crippen molar-refractivity contribution in [2.45, 2.75) is 25.2 Å². The third-order valence-electron chi connectivity index (χ3n) is 4.78. The molecule has 8 heteroatoms. The van der Waals surface area contributed by atoms with Crippen LogP contribution in [0, 0.1) is 6.92 Å². The van der Waals surface area contributed by atoms with E-state index in [9.17, 15) is 13.2 Å². The van der Waals surface area contributed by atoms with Crippen LogP contribution in [-0.2, 0) is 21.1 Å². The zero-order valence-electron chi connectivity index (χ0n) is 16.5. The number of sulfone groups is 1. The highest BCUT2D eigenvalue weighted by atomic mass is 32.2. The summed E-state index contributed by atoms with van der Waals surface area (Å²) in [5.41, 5.74) is 3.25. The maximum absolute atomic E-state index is 13.1. The highest BCUT2D eigenvalue weighted by molar-refractivity contribution is 8.08. The van der Waals surface area contributed by atoms with Crippen LogP contribution in [0.4, 0.5) is 17.2 Å². The average Bonchev–Trinajstić information content (AvgIpc) is 2.75. The van der Waals surface area contributed by atoms with Gasteiger partial charge < -0.3 is 5.32 Å². The second-order valence-corrected chi connectivity index (χ2v) is 8.72. The zero-order chi connectivity index (χ0) is 21.3. The van der Waals surface area contributed by atoms with Crippen molar-refractivity contribution in [3.63, 3.8) is 0 Å². The fraction of sp³-hybridized carbons (Fsp3) is 0.136. The van der Waals surface area contributed by atoms with Crippen molar-refractivity contribution in [3.05, 3.63) is 78.0 Å². The largest absolute Gasteiger partial charge is 0.320 e. The maximum Gasteiger partial charge on any atom is 0.288 e. The van der Waals surface area contributed by atoms with Gasteiger partial charge in [-0.1, -0.05) is 36.8 Å². The number of aromatic nitrogens is 1. The summed E-state index contributed by atoms with van der Waals surface area (Å²) >= 11 is 0. The Bertz CT molecular complexity index is 1230. The summed E-state index contributed by atoms with van der Waals surface area (Å²) in [5.74, 6) is -0.643. The van der Waals surface area contributed by atoms with Crippen LogP contribution in [-0.4, -0.2) is 24.4 Å². The topological polar surface area (TPSA) is 91.7 Å². The van der Waals surface area contributed by atoms with Gasteiger partial charge in [-0.05, 0) is 55.3 Å². The molecule has 0 spiro atoms. The Kier molecular flexibility index (Phi) is 5.09. The van der Waals surface area contributed by atoms with E-state index in [1.165, 1.54) is 23.3 Å². The Morgan fingerprint density at radius 1 is 1.03 bits per heavy atom. The molecule has 0 saturated carbocycles. The van der Waals surface area contributed by atoms with Crippen LogP contribution in [0.5, 0.6) is 0 Å². The van der Waals surface area contributed by atoms with Gasteiger partial charge in [0.1, 0.15) is 4.90 Å². The molecule has 0 radical (unpaired) electrons. The molecule has 0 unspecified atom stereocenters. The molecule has 7 nitrogen and oxygen atoms in total. The van der Waals surface area contributed by atoms with Gasteiger partial charge in [-0.15, -0.1) is 5.10 Å². The van der Waals surface area contributed by atoms with E-state index in [4.69, 9.17) is 0 Å². The highest BCUT2D eigenvalue weighted by Crippen LogP contribution is 2.35. The van der Waals surface area contributed by atoms with Gasteiger partial charge in [0, 0.05) is 11.9 Å². The second-order valence-electron chi connectivity index (χ2n) is 6.89. The highest BCUT2D eigenvalue weighted by Gasteiger charge is 2.38. The number of nitrogens with one attached hydrogen (secondary N) is 1. The van der Waals surface area contributed by atoms with Gasteiger partial charge in [0.05, 0.1) is 5.69 Å². The molecule has 0 fully saturated rings. The van der Waals surface area contributed by atoms with Gasteiger partial charge in [-0.3, -0.25) is 4.79 Å². The lowest BCUT2D eigenvalue weighted by Gasteiger charge is -2.26. The number of hydrogen-bond donors (Lipinski definition) is 1. The Labute approximate surface area is 175 Å². The predicted octanol–water partition coefficient (Wildman–Crippen LogP) is 3.83. The Balaban J connectivity index is 1.77. The van der Waals surface area contributed by atoms with Crippen LogP contribution in [0.2, 0.25) is 0 Å². The number of carbonyl (C=O) groups is 1. The van der Waals surface area contributed by atoms with E-state index in [1.807, 2.05) is 38.1 Å². The Morgan fingerprint density at radius 3 is 2.40 bits per heavy atom. The SMILES string of the molecule is CCc1ccc(NC(=O)C2=NN(c3ccc(C)cc3)c3ncccc3S2(=O)=O)cc1. The smallest absolute Gasteiger partial charge is 0.288 e. The van der Waals surface area contributed by atoms with Gasteiger partial charge in [0.15, 0.2) is 5.82 Å². The van der Waals surface area contributed by atoms with Gasteiger partial charge in [-0.2, -0.15) is 0 Å². The quantitative estimate of drug-likeness (QED) is 0.693. The number of carbonyl (C=O) groups excluding carboxylic acids is 1. The summed E-state index contributed by atoms with van der Waals surface area (Å²) in [7, 11) is -4.13. The number of benzene rings is 2. The molecule has 1 aliphatic heterocycles. The summed E-state index contributed by atoms with van der Waals surface area (Å²) in [6.45, 7) is 3.98. The van der Waals surface area contributed by atoms with Gasteiger partial charge in [0.2, 0.25) is 14.9 Å². The first-order valence-corrected chi connectivity index (χ1v) is 10.9. The van der Waals surface area contributed by atoms with Crippen LogP contribution in [0.1, 0.15) is 18.1 Å². The van der Waals surface area contributed by atoms with Crippen LogP contribution in [0.25, 0.3) is 0 Å². The fourth-order valence-electron chi connectivity index (χ4n) is 3.09. The van der Waals surface area contributed by atoms with E-state index in [2.05, 4.69) is 15.4 Å². The summed E-state index contributed by atoms with van der Waals surface area (Å²) < 4.78 is 26.2. The maximum atomic E-state index is 13.1. The molecule has 0 aliphatic carbocycles. The van der Waals surface area contributed by atoms with Crippen molar-refractivity contribution >= 4 is 38.0 Å². The van der Waals surface area contributed by atoms with Crippen molar-refractivity contribution in [1.29, 1.82) is 0 Å². The summed E-state index contributed by atoms with van der Waals surface area (Å²) in [6, 6.07) is 17.5. The Hall–Kier alpha value is -3.52. The third-order valence-corrected chi connectivity index (χ3v) is 6.45. The van der Waals surface area contributed by atoms with E-state index >= 15 is 0 Å². The molecule has 1 aromatic heterocycles. The Morgan fingerprint density at radius 2 is 1.73 bits per heavy atom. The predicted molar refractivity (Wildman–Crippen MR) is 117 cm³/mol. The molecular weight excluding hydrogens is 400 g/mol. The normalized spacial score (nSPS) is 14.6. The van der Waals surface area contributed by atoms with Crippen LogP contribution >= 0.6 is 0 Å². The minimum Gasteiger partial charge on any atom is -0.320 e.